The molecule has 6 nitrogen and oxygen atoms in total. The average Bonchev–Trinajstić information content (AvgIpc) is 2.66. The highest BCUT2D eigenvalue weighted by Crippen LogP contribution is 2.22. The Balaban J connectivity index is 2.49. The molecule has 0 saturated heterocycles. The molecule has 2 rings (SSSR count). The van der Waals surface area contributed by atoms with Crippen LogP contribution in [0.25, 0.3) is 21.9 Å². The Morgan fingerprint density at radius 1 is 1.53 bits per heavy atom. The van der Waals surface area contributed by atoms with Crippen molar-refractivity contribution in [2.24, 2.45) is 5.11 Å². The second-order valence-electron chi connectivity index (χ2n) is 2.58. The minimum Gasteiger partial charge on any atom is -0.394 e. The summed E-state index contributed by atoms with van der Waals surface area (Å²) in [5, 5.41) is 3.44. The summed E-state index contributed by atoms with van der Waals surface area (Å²) in [6.45, 7) is 0. The molecule has 0 atom stereocenters. The van der Waals surface area contributed by atoms with Crippen LogP contribution in [0.4, 0.5) is 5.69 Å². The quantitative estimate of drug-likeness (QED) is 0.442. The Bertz CT molecular complexity index is 582. The molecule has 7 heteroatoms. The summed E-state index contributed by atoms with van der Waals surface area (Å²) in [4.78, 5) is 13.0. The molecule has 15 heavy (non-hydrogen) atoms. The van der Waals surface area contributed by atoms with Gasteiger partial charge in [-0.05, 0) is 17.7 Å². The van der Waals surface area contributed by atoms with E-state index in [1.165, 1.54) is 0 Å². The molecule has 0 N–H and O–H groups in total. The number of nitrogens with zero attached hydrogens (tertiary/aromatic N) is 4. The highest BCUT2D eigenvalue weighted by molar-refractivity contribution is 7.02. The van der Waals surface area contributed by atoms with Crippen LogP contribution in [0, 0.1) is 0 Å². The Kier molecular flexibility index (Phi) is 2.49. The fraction of sp³-hybridized carbons (Fsp3) is 0. The van der Waals surface area contributed by atoms with Crippen molar-refractivity contribution in [1.82, 2.24) is 4.37 Å². The number of aromatic nitrogens is 1. The summed E-state index contributed by atoms with van der Waals surface area (Å²) in [6.07, 6.45) is 0. The first kappa shape index (κ1) is 9.45. The van der Waals surface area contributed by atoms with Gasteiger partial charge in [-0.15, -0.1) is 4.37 Å². The molecule has 1 aromatic carbocycles. The van der Waals surface area contributed by atoms with Crippen LogP contribution in [0.1, 0.15) is 0 Å². The molecule has 1 aromatic heterocycles. The van der Waals surface area contributed by atoms with E-state index in [0.717, 1.165) is 11.5 Å². The SMILES string of the molecule is [N-]=[N+]=Nc1cccc(-c2nsc(=O)o2)c1. The largest absolute Gasteiger partial charge is 0.414 e. The maximum absolute atomic E-state index is 10.8. The van der Waals surface area contributed by atoms with Crippen molar-refractivity contribution in [3.63, 3.8) is 0 Å². The van der Waals surface area contributed by atoms with Crippen molar-refractivity contribution in [1.29, 1.82) is 0 Å². The summed E-state index contributed by atoms with van der Waals surface area (Å²) in [5.41, 5.74) is 9.32. The summed E-state index contributed by atoms with van der Waals surface area (Å²) in [5.74, 6) is 0.236. The van der Waals surface area contributed by atoms with Crippen LogP contribution >= 0.6 is 11.5 Å². The van der Waals surface area contributed by atoms with Gasteiger partial charge in [0.25, 0.3) is 0 Å². The van der Waals surface area contributed by atoms with E-state index in [1.54, 1.807) is 24.3 Å². The zero-order chi connectivity index (χ0) is 10.7. The number of rotatable bonds is 2. The number of hydrogen-bond acceptors (Lipinski definition) is 5. The molecule has 2 aromatic rings. The fourth-order valence-corrected chi connectivity index (χ4v) is 1.48. The van der Waals surface area contributed by atoms with Gasteiger partial charge in [0.05, 0.1) is 11.5 Å². The highest BCUT2D eigenvalue weighted by atomic mass is 32.1. The normalized spacial score (nSPS) is 9.60. The van der Waals surface area contributed by atoms with E-state index in [0.29, 0.717) is 11.3 Å². The van der Waals surface area contributed by atoms with E-state index < -0.39 is 4.94 Å². The van der Waals surface area contributed by atoms with Gasteiger partial charge < -0.3 is 4.42 Å². The van der Waals surface area contributed by atoms with Crippen molar-refractivity contribution in [2.45, 2.75) is 0 Å². The van der Waals surface area contributed by atoms with E-state index in [4.69, 9.17) is 9.95 Å². The molecule has 74 valence electrons. The lowest BCUT2D eigenvalue weighted by Gasteiger charge is -1.94. The molecular weight excluding hydrogens is 216 g/mol. The lowest BCUT2D eigenvalue weighted by Crippen LogP contribution is -1.82. The third-order valence-corrected chi connectivity index (χ3v) is 2.13. The fourth-order valence-electron chi connectivity index (χ4n) is 1.06. The first-order chi connectivity index (χ1) is 7.29. The summed E-state index contributed by atoms with van der Waals surface area (Å²) < 4.78 is 8.63. The van der Waals surface area contributed by atoms with Crippen molar-refractivity contribution in [3.8, 4) is 11.5 Å². The van der Waals surface area contributed by atoms with Crippen LogP contribution in [-0.2, 0) is 0 Å². The highest BCUT2D eigenvalue weighted by Gasteiger charge is 2.05. The van der Waals surface area contributed by atoms with Crippen LogP contribution < -0.4 is 4.94 Å². The molecule has 0 aliphatic rings. The monoisotopic (exact) mass is 220 g/mol. The molecule has 0 unspecified atom stereocenters. The minimum absolute atomic E-state index is 0.236. The van der Waals surface area contributed by atoms with Gasteiger partial charge in [0.15, 0.2) is 0 Å². The van der Waals surface area contributed by atoms with E-state index in [1.807, 2.05) is 0 Å². The lowest BCUT2D eigenvalue weighted by molar-refractivity contribution is 0.543. The van der Waals surface area contributed by atoms with Gasteiger partial charge in [-0.3, -0.25) is 0 Å². The Morgan fingerprint density at radius 2 is 2.40 bits per heavy atom. The maximum Gasteiger partial charge on any atom is 0.414 e. The van der Waals surface area contributed by atoms with Gasteiger partial charge in [0, 0.05) is 16.2 Å². The second-order valence-corrected chi connectivity index (χ2v) is 3.28. The van der Waals surface area contributed by atoms with Crippen molar-refractivity contribution >= 4 is 17.2 Å². The topological polar surface area (TPSA) is 91.9 Å². The third kappa shape index (κ3) is 2.04. The van der Waals surface area contributed by atoms with Gasteiger partial charge in [0.1, 0.15) is 0 Å². The number of azide groups is 1. The molecular formula is C8H4N4O2S. The maximum atomic E-state index is 10.8. The predicted molar refractivity (Wildman–Crippen MR) is 54.9 cm³/mol. The molecule has 0 radical (unpaired) electrons. The molecule has 0 fully saturated rings. The van der Waals surface area contributed by atoms with E-state index in [2.05, 4.69) is 14.4 Å². The molecule has 0 amide bonds. The second kappa shape index (κ2) is 3.95. The van der Waals surface area contributed by atoms with Gasteiger partial charge in [-0.1, -0.05) is 17.2 Å². The molecule has 0 aliphatic heterocycles. The van der Waals surface area contributed by atoms with E-state index in [-0.39, 0.29) is 5.89 Å². The lowest BCUT2D eigenvalue weighted by atomic mass is 10.2. The summed E-state index contributed by atoms with van der Waals surface area (Å²) >= 11 is 0.743. The van der Waals surface area contributed by atoms with Crippen LogP contribution in [0.15, 0.2) is 38.6 Å². The number of hydrogen-bond donors (Lipinski definition) is 0. The third-order valence-electron chi connectivity index (χ3n) is 1.64. The van der Waals surface area contributed by atoms with Gasteiger partial charge in [-0.25, -0.2) is 4.79 Å². The molecule has 0 bridgehead atoms. The van der Waals surface area contributed by atoms with Gasteiger partial charge in [0.2, 0.25) is 5.89 Å². The molecule has 0 aliphatic carbocycles. The first-order valence-electron chi connectivity index (χ1n) is 3.92. The Labute approximate surface area is 87.6 Å². The predicted octanol–water partition coefficient (Wildman–Crippen LogP) is 2.71. The van der Waals surface area contributed by atoms with Crippen molar-refractivity contribution in [2.75, 3.05) is 0 Å². The minimum atomic E-state index is -0.459. The standard InChI is InChI=1S/C8H4N4O2S/c9-12-10-6-3-1-2-5(4-6)7-11-15-8(13)14-7/h1-4H. The van der Waals surface area contributed by atoms with E-state index >= 15 is 0 Å². The van der Waals surface area contributed by atoms with Crippen LogP contribution in [0.3, 0.4) is 0 Å². The molecule has 0 saturated carbocycles. The first-order valence-corrected chi connectivity index (χ1v) is 4.69. The summed E-state index contributed by atoms with van der Waals surface area (Å²) in [6, 6.07) is 6.65. The van der Waals surface area contributed by atoms with Crippen LogP contribution in [0.2, 0.25) is 0 Å². The van der Waals surface area contributed by atoms with E-state index in [9.17, 15) is 4.79 Å². The Hall–Kier alpha value is -2.11. The Morgan fingerprint density at radius 3 is 3.07 bits per heavy atom. The van der Waals surface area contributed by atoms with Crippen LogP contribution in [0.5, 0.6) is 0 Å². The average molecular weight is 220 g/mol. The number of benzene rings is 1. The zero-order valence-electron chi connectivity index (χ0n) is 7.32. The smallest absolute Gasteiger partial charge is 0.394 e. The zero-order valence-corrected chi connectivity index (χ0v) is 8.14. The van der Waals surface area contributed by atoms with Gasteiger partial charge in [-0.2, -0.15) is 0 Å². The van der Waals surface area contributed by atoms with Crippen LogP contribution in [-0.4, -0.2) is 4.37 Å². The molecule has 1 heterocycles. The summed E-state index contributed by atoms with van der Waals surface area (Å²) in [7, 11) is 0. The van der Waals surface area contributed by atoms with Crippen molar-refractivity contribution in [3.05, 3.63) is 44.4 Å². The molecule has 0 spiro atoms. The van der Waals surface area contributed by atoms with Gasteiger partial charge >= 0.3 is 4.94 Å². The van der Waals surface area contributed by atoms with Crippen molar-refractivity contribution < 1.29 is 4.42 Å².